The second-order valence-electron chi connectivity index (χ2n) is 6.95. The molecule has 0 radical (unpaired) electrons. The molecule has 0 spiro atoms. The van der Waals surface area contributed by atoms with Gasteiger partial charge in [0.05, 0.1) is 6.10 Å². The summed E-state index contributed by atoms with van der Waals surface area (Å²) in [5.41, 5.74) is 6.11. The monoisotopic (exact) mass is 253 g/mol. The van der Waals surface area contributed by atoms with Crippen LogP contribution in [0.25, 0.3) is 0 Å². The van der Waals surface area contributed by atoms with Crippen molar-refractivity contribution in [3.8, 4) is 0 Å². The van der Waals surface area contributed by atoms with Crippen molar-refractivity contribution in [2.24, 2.45) is 23.0 Å². The van der Waals surface area contributed by atoms with Crippen LogP contribution in [0.1, 0.15) is 71.1 Å². The Morgan fingerprint density at radius 1 is 1.06 bits per heavy atom. The van der Waals surface area contributed by atoms with Gasteiger partial charge in [0.25, 0.3) is 0 Å². The molecule has 0 aromatic carbocycles. The van der Waals surface area contributed by atoms with E-state index in [0.717, 1.165) is 18.8 Å². The van der Waals surface area contributed by atoms with Crippen molar-refractivity contribution >= 4 is 0 Å². The molecule has 0 amide bonds. The standard InChI is InChI=1S/C16H31NO/c1-13-8-10-16(12-17,11-9-13)15(18)14-6-4-2-3-5-7-14/h13-15,18H,2-12,17H2,1H3. The third kappa shape index (κ3) is 3.08. The van der Waals surface area contributed by atoms with Gasteiger partial charge in [-0.15, -0.1) is 0 Å². The molecule has 1 unspecified atom stereocenters. The van der Waals surface area contributed by atoms with Gasteiger partial charge in [0.15, 0.2) is 0 Å². The second-order valence-corrected chi connectivity index (χ2v) is 6.95. The van der Waals surface area contributed by atoms with Crippen LogP contribution < -0.4 is 5.73 Å². The Kier molecular flexibility index (Phi) is 5.08. The van der Waals surface area contributed by atoms with E-state index >= 15 is 0 Å². The molecule has 1 atom stereocenters. The SMILES string of the molecule is CC1CCC(CN)(C(O)C2CCCCCC2)CC1. The van der Waals surface area contributed by atoms with Gasteiger partial charge in [-0.05, 0) is 37.5 Å². The van der Waals surface area contributed by atoms with Crippen LogP contribution in [-0.4, -0.2) is 17.8 Å². The molecule has 0 aromatic rings. The van der Waals surface area contributed by atoms with Gasteiger partial charge in [0.1, 0.15) is 0 Å². The average molecular weight is 253 g/mol. The Labute approximate surface area is 112 Å². The highest BCUT2D eigenvalue weighted by atomic mass is 16.3. The van der Waals surface area contributed by atoms with Crippen molar-refractivity contribution in [3.05, 3.63) is 0 Å². The van der Waals surface area contributed by atoms with Crippen LogP contribution in [0.5, 0.6) is 0 Å². The molecular formula is C16H31NO. The maximum atomic E-state index is 10.9. The van der Waals surface area contributed by atoms with Gasteiger partial charge < -0.3 is 10.8 Å². The average Bonchev–Trinajstić information content (AvgIpc) is 2.68. The van der Waals surface area contributed by atoms with E-state index in [1.807, 2.05) is 0 Å². The number of aliphatic hydroxyl groups excluding tert-OH is 1. The van der Waals surface area contributed by atoms with E-state index in [2.05, 4.69) is 6.92 Å². The maximum absolute atomic E-state index is 10.9. The highest BCUT2D eigenvalue weighted by Gasteiger charge is 2.42. The van der Waals surface area contributed by atoms with Gasteiger partial charge in [-0.3, -0.25) is 0 Å². The Morgan fingerprint density at radius 2 is 1.61 bits per heavy atom. The summed E-state index contributed by atoms with van der Waals surface area (Å²) < 4.78 is 0. The number of nitrogens with two attached hydrogens (primary N) is 1. The first-order valence-electron chi connectivity index (χ1n) is 8.06. The Balaban J connectivity index is 2.01. The summed E-state index contributed by atoms with van der Waals surface area (Å²) in [5.74, 6) is 1.34. The molecule has 0 heterocycles. The minimum absolute atomic E-state index is 0.0432. The molecule has 2 fully saturated rings. The van der Waals surface area contributed by atoms with Gasteiger partial charge in [0.2, 0.25) is 0 Å². The lowest BCUT2D eigenvalue weighted by molar-refractivity contribution is -0.0471. The predicted molar refractivity (Wildman–Crippen MR) is 76.3 cm³/mol. The van der Waals surface area contributed by atoms with E-state index in [-0.39, 0.29) is 11.5 Å². The molecule has 2 nitrogen and oxygen atoms in total. The molecular weight excluding hydrogens is 222 g/mol. The smallest absolute Gasteiger partial charge is 0.0636 e. The zero-order valence-corrected chi connectivity index (χ0v) is 12.0. The Morgan fingerprint density at radius 3 is 2.11 bits per heavy atom. The summed E-state index contributed by atoms with van der Waals surface area (Å²) in [4.78, 5) is 0. The van der Waals surface area contributed by atoms with E-state index < -0.39 is 0 Å². The number of hydrogen-bond acceptors (Lipinski definition) is 2. The second kappa shape index (κ2) is 6.38. The maximum Gasteiger partial charge on any atom is 0.0636 e. The highest BCUT2D eigenvalue weighted by molar-refractivity contribution is 4.94. The van der Waals surface area contributed by atoms with Gasteiger partial charge in [-0.2, -0.15) is 0 Å². The van der Waals surface area contributed by atoms with Crippen molar-refractivity contribution in [2.45, 2.75) is 77.2 Å². The fraction of sp³-hybridized carbons (Fsp3) is 1.00. The van der Waals surface area contributed by atoms with Crippen LogP contribution in [0.2, 0.25) is 0 Å². The molecule has 18 heavy (non-hydrogen) atoms. The van der Waals surface area contributed by atoms with Gasteiger partial charge in [-0.1, -0.05) is 45.4 Å². The summed E-state index contributed by atoms with van der Waals surface area (Å²) in [7, 11) is 0. The molecule has 3 N–H and O–H groups in total. The van der Waals surface area contributed by atoms with Crippen LogP contribution in [0.15, 0.2) is 0 Å². The molecule has 106 valence electrons. The quantitative estimate of drug-likeness (QED) is 0.757. The third-order valence-electron chi connectivity index (χ3n) is 5.65. The normalized spacial score (nSPS) is 37.2. The molecule has 0 bridgehead atoms. The zero-order chi connectivity index (χ0) is 13.0. The molecule has 0 aliphatic heterocycles. The van der Waals surface area contributed by atoms with Crippen LogP contribution in [-0.2, 0) is 0 Å². The first-order chi connectivity index (χ1) is 8.68. The van der Waals surface area contributed by atoms with Crippen LogP contribution in [0.3, 0.4) is 0 Å². The first kappa shape index (κ1) is 14.3. The lowest BCUT2D eigenvalue weighted by Crippen LogP contribution is -2.47. The van der Waals surface area contributed by atoms with Crippen molar-refractivity contribution < 1.29 is 5.11 Å². The largest absolute Gasteiger partial charge is 0.392 e. The minimum atomic E-state index is -0.145. The van der Waals surface area contributed by atoms with E-state index in [1.165, 1.54) is 51.4 Å². The summed E-state index contributed by atoms with van der Waals surface area (Å²) >= 11 is 0. The van der Waals surface area contributed by atoms with Crippen molar-refractivity contribution in [3.63, 3.8) is 0 Å². The van der Waals surface area contributed by atoms with Crippen LogP contribution in [0, 0.1) is 17.3 Å². The lowest BCUT2D eigenvalue weighted by atomic mass is 9.64. The molecule has 0 saturated heterocycles. The fourth-order valence-corrected chi connectivity index (χ4v) is 4.08. The minimum Gasteiger partial charge on any atom is -0.392 e. The Hall–Kier alpha value is -0.0800. The van der Waals surface area contributed by atoms with E-state index in [4.69, 9.17) is 5.73 Å². The Bertz CT molecular complexity index is 237. The number of aliphatic hydroxyl groups is 1. The predicted octanol–water partition coefficient (Wildman–Crippen LogP) is 3.47. The molecule has 2 aliphatic rings. The topological polar surface area (TPSA) is 46.2 Å². The lowest BCUT2D eigenvalue weighted by Gasteiger charge is -2.45. The molecule has 2 aliphatic carbocycles. The van der Waals surface area contributed by atoms with E-state index in [1.54, 1.807) is 0 Å². The summed E-state index contributed by atoms with van der Waals surface area (Å²) in [5, 5.41) is 10.9. The number of rotatable bonds is 3. The van der Waals surface area contributed by atoms with Crippen LogP contribution in [0.4, 0.5) is 0 Å². The summed E-state index contributed by atoms with van der Waals surface area (Å²) in [6, 6.07) is 0. The van der Waals surface area contributed by atoms with Gasteiger partial charge in [-0.25, -0.2) is 0 Å². The molecule has 2 heteroatoms. The summed E-state index contributed by atoms with van der Waals surface area (Å²) in [6.45, 7) is 3.01. The van der Waals surface area contributed by atoms with Crippen molar-refractivity contribution in [1.29, 1.82) is 0 Å². The molecule has 2 rings (SSSR count). The summed E-state index contributed by atoms with van der Waals surface area (Å²) in [6.07, 6.45) is 12.4. The molecule has 2 saturated carbocycles. The van der Waals surface area contributed by atoms with Crippen molar-refractivity contribution in [1.82, 2.24) is 0 Å². The van der Waals surface area contributed by atoms with E-state index in [9.17, 15) is 5.11 Å². The van der Waals surface area contributed by atoms with Gasteiger partial charge in [0, 0.05) is 12.0 Å². The third-order valence-corrected chi connectivity index (χ3v) is 5.65. The first-order valence-corrected chi connectivity index (χ1v) is 8.06. The van der Waals surface area contributed by atoms with Gasteiger partial charge >= 0.3 is 0 Å². The van der Waals surface area contributed by atoms with Crippen LogP contribution >= 0.6 is 0 Å². The highest BCUT2D eigenvalue weighted by Crippen LogP contribution is 2.45. The number of hydrogen-bond donors (Lipinski definition) is 2. The molecule has 0 aromatic heterocycles. The van der Waals surface area contributed by atoms with E-state index in [0.29, 0.717) is 12.5 Å². The fourth-order valence-electron chi connectivity index (χ4n) is 4.08. The van der Waals surface area contributed by atoms with Crippen molar-refractivity contribution in [2.75, 3.05) is 6.54 Å². The zero-order valence-electron chi connectivity index (χ0n) is 12.0.